The van der Waals surface area contributed by atoms with Gasteiger partial charge in [-0.2, -0.15) is 0 Å². The molecule has 0 aliphatic rings. The van der Waals surface area contributed by atoms with Crippen LogP contribution < -0.4 is 14.8 Å². The Bertz CT molecular complexity index is 873. The lowest BCUT2D eigenvalue weighted by Gasteiger charge is -2.09. The van der Waals surface area contributed by atoms with E-state index in [0.717, 1.165) is 5.56 Å². The van der Waals surface area contributed by atoms with Crippen molar-refractivity contribution in [3.8, 4) is 5.75 Å². The van der Waals surface area contributed by atoms with Gasteiger partial charge in [-0.1, -0.05) is 35.9 Å². The molecule has 2 aromatic rings. The summed E-state index contributed by atoms with van der Waals surface area (Å²) < 4.78 is 31.4. The average molecular weight is 462 g/mol. The lowest BCUT2D eigenvalue weighted by molar-refractivity contribution is -0.123. The normalized spacial score (nSPS) is 11.2. The first-order valence-electron chi connectivity index (χ1n) is 7.62. The Morgan fingerprint density at radius 1 is 1.15 bits per heavy atom. The maximum Gasteiger partial charge on any atom is 0.258 e. The standard InChI is InChI=1S/C17H18BrClN2O4S/c1-20-26(23,24)11-13-4-2-12(3-5-13)9-21-17(22)10-25-16-7-6-14(19)8-15(16)18/h2-8,20H,9-11H2,1H3,(H,21,22). The molecule has 0 heterocycles. The molecule has 0 saturated carbocycles. The molecule has 2 N–H and O–H groups in total. The number of benzene rings is 2. The third-order valence-electron chi connectivity index (χ3n) is 3.43. The fourth-order valence-electron chi connectivity index (χ4n) is 2.03. The maximum atomic E-state index is 11.9. The van der Waals surface area contributed by atoms with E-state index in [9.17, 15) is 13.2 Å². The summed E-state index contributed by atoms with van der Waals surface area (Å²) in [5, 5.41) is 3.31. The fraction of sp³-hybridized carbons (Fsp3) is 0.235. The van der Waals surface area contributed by atoms with E-state index in [-0.39, 0.29) is 18.3 Å². The third-order valence-corrected chi connectivity index (χ3v) is 5.62. The molecule has 0 aliphatic heterocycles. The average Bonchev–Trinajstić information content (AvgIpc) is 2.60. The summed E-state index contributed by atoms with van der Waals surface area (Å²) in [4.78, 5) is 11.9. The van der Waals surface area contributed by atoms with Crippen LogP contribution in [0.25, 0.3) is 0 Å². The number of ether oxygens (including phenoxy) is 1. The van der Waals surface area contributed by atoms with Crippen molar-refractivity contribution in [1.82, 2.24) is 10.0 Å². The van der Waals surface area contributed by atoms with Crippen LogP contribution in [0.5, 0.6) is 5.75 Å². The summed E-state index contributed by atoms with van der Waals surface area (Å²) in [5.74, 6) is 0.174. The van der Waals surface area contributed by atoms with E-state index in [1.165, 1.54) is 7.05 Å². The van der Waals surface area contributed by atoms with E-state index < -0.39 is 10.0 Å². The fourth-order valence-corrected chi connectivity index (χ4v) is 3.60. The van der Waals surface area contributed by atoms with Crippen LogP contribution in [0.1, 0.15) is 11.1 Å². The van der Waals surface area contributed by atoms with Crippen LogP contribution >= 0.6 is 27.5 Å². The number of carbonyl (C=O) groups excluding carboxylic acids is 1. The second-order valence-electron chi connectivity index (χ2n) is 5.42. The van der Waals surface area contributed by atoms with Crippen LogP contribution in [0.3, 0.4) is 0 Å². The van der Waals surface area contributed by atoms with Gasteiger partial charge < -0.3 is 10.1 Å². The summed E-state index contributed by atoms with van der Waals surface area (Å²) in [7, 11) is -1.92. The molecule has 1 amide bonds. The van der Waals surface area contributed by atoms with Gasteiger partial charge in [0.05, 0.1) is 10.2 Å². The Hall–Kier alpha value is -1.61. The number of hydrogen-bond donors (Lipinski definition) is 2. The van der Waals surface area contributed by atoms with Crippen LogP contribution in [-0.2, 0) is 27.1 Å². The molecule has 0 unspecified atom stereocenters. The second-order valence-corrected chi connectivity index (χ2v) is 8.64. The zero-order chi connectivity index (χ0) is 19.2. The zero-order valence-corrected chi connectivity index (χ0v) is 17.1. The highest BCUT2D eigenvalue weighted by Crippen LogP contribution is 2.27. The van der Waals surface area contributed by atoms with Crippen LogP contribution in [0, 0.1) is 0 Å². The summed E-state index contributed by atoms with van der Waals surface area (Å²) in [6, 6.07) is 12.0. The molecule has 2 rings (SSSR count). The number of nitrogens with one attached hydrogen (secondary N) is 2. The zero-order valence-electron chi connectivity index (χ0n) is 14.0. The topological polar surface area (TPSA) is 84.5 Å². The predicted molar refractivity (Wildman–Crippen MR) is 105 cm³/mol. The SMILES string of the molecule is CNS(=O)(=O)Cc1ccc(CNC(=O)COc2ccc(Cl)cc2Br)cc1. The monoisotopic (exact) mass is 460 g/mol. The minimum absolute atomic E-state index is 0.0834. The molecule has 6 nitrogen and oxygen atoms in total. The van der Waals surface area contributed by atoms with Gasteiger partial charge in [-0.05, 0) is 52.3 Å². The number of carbonyl (C=O) groups is 1. The van der Waals surface area contributed by atoms with Crippen LogP contribution in [0.15, 0.2) is 46.9 Å². The van der Waals surface area contributed by atoms with Gasteiger partial charge >= 0.3 is 0 Å². The number of sulfonamides is 1. The minimum atomic E-state index is -3.30. The molecule has 0 radical (unpaired) electrons. The molecule has 9 heteroatoms. The minimum Gasteiger partial charge on any atom is -0.483 e. The van der Waals surface area contributed by atoms with Gasteiger partial charge in [-0.25, -0.2) is 13.1 Å². The van der Waals surface area contributed by atoms with Crippen molar-refractivity contribution in [2.45, 2.75) is 12.3 Å². The van der Waals surface area contributed by atoms with Gasteiger partial charge in [0.25, 0.3) is 5.91 Å². The van der Waals surface area contributed by atoms with E-state index in [0.29, 0.717) is 27.4 Å². The summed E-state index contributed by atoms with van der Waals surface area (Å²) in [6.45, 7) is 0.196. The molecule has 0 spiro atoms. The van der Waals surface area contributed by atoms with E-state index in [2.05, 4.69) is 26.0 Å². The Kier molecular flexibility index (Phi) is 7.45. The van der Waals surface area contributed by atoms with Crippen LogP contribution in [-0.4, -0.2) is 28.0 Å². The number of rotatable bonds is 8. The summed E-state index contributed by atoms with van der Waals surface area (Å²) >= 11 is 9.17. The molecule has 0 aromatic heterocycles. The van der Waals surface area contributed by atoms with Gasteiger partial charge in [0.1, 0.15) is 5.75 Å². The molecule has 0 fully saturated rings. The van der Waals surface area contributed by atoms with E-state index in [1.54, 1.807) is 42.5 Å². The Labute approximate surface area is 166 Å². The molecule has 0 atom stereocenters. The molecular weight excluding hydrogens is 444 g/mol. The van der Waals surface area contributed by atoms with Crippen molar-refractivity contribution in [1.29, 1.82) is 0 Å². The lowest BCUT2D eigenvalue weighted by Crippen LogP contribution is -2.28. The molecule has 140 valence electrons. The Morgan fingerprint density at radius 3 is 2.42 bits per heavy atom. The van der Waals surface area contributed by atoms with Crippen LogP contribution in [0.4, 0.5) is 0 Å². The van der Waals surface area contributed by atoms with Crippen LogP contribution in [0.2, 0.25) is 5.02 Å². The van der Waals surface area contributed by atoms with E-state index >= 15 is 0 Å². The highest BCUT2D eigenvalue weighted by Gasteiger charge is 2.09. The van der Waals surface area contributed by atoms with Gasteiger partial charge in [0.2, 0.25) is 10.0 Å². The molecule has 0 saturated heterocycles. The third kappa shape index (κ3) is 6.60. The Balaban J connectivity index is 1.81. The van der Waals surface area contributed by atoms with Crippen molar-refractivity contribution < 1.29 is 17.9 Å². The first-order valence-corrected chi connectivity index (χ1v) is 10.4. The predicted octanol–water partition coefficient (Wildman–Crippen LogP) is 2.85. The van der Waals surface area contributed by atoms with Crippen molar-refractivity contribution in [2.75, 3.05) is 13.7 Å². The number of halogens is 2. The lowest BCUT2D eigenvalue weighted by atomic mass is 10.1. The first-order chi connectivity index (χ1) is 12.3. The second kappa shape index (κ2) is 9.36. The summed E-state index contributed by atoms with van der Waals surface area (Å²) in [6.07, 6.45) is 0. The smallest absolute Gasteiger partial charge is 0.258 e. The van der Waals surface area contributed by atoms with Gasteiger partial charge in [0, 0.05) is 11.6 Å². The molecule has 2 aromatic carbocycles. The maximum absolute atomic E-state index is 11.9. The Morgan fingerprint density at radius 2 is 1.81 bits per heavy atom. The number of hydrogen-bond acceptors (Lipinski definition) is 4. The van der Waals surface area contributed by atoms with Crippen molar-refractivity contribution >= 4 is 43.5 Å². The van der Waals surface area contributed by atoms with E-state index in [4.69, 9.17) is 16.3 Å². The van der Waals surface area contributed by atoms with Crippen molar-refractivity contribution in [3.05, 3.63) is 63.1 Å². The van der Waals surface area contributed by atoms with Gasteiger partial charge in [0.15, 0.2) is 6.61 Å². The highest BCUT2D eigenvalue weighted by molar-refractivity contribution is 9.10. The summed E-state index contributed by atoms with van der Waals surface area (Å²) in [5.41, 5.74) is 1.53. The van der Waals surface area contributed by atoms with Crippen molar-refractivity contribution in [3.63, 3.8) is 0 Å². The van der Waals surface area contributed by atoms with Crippen molar-refractivity contribution in [2.24, 2.45) is 0 Å². The largest absolute Gasteiger partial charge is 0.483 e. The van der Waals surface area contributed by atoms with Gasteiger partial charge in [-0.15, -0.1) is 0 Å². The van der Waals surface area contributed by atoms with Gasteiger partial charge in [-0.3, -0.25) is 4.79 Å². The first kappa shape index (κ1) is 20.7. The van der Waals surface area contributed by atoms with E-state index in [1.807, 2.05) is 0 Å². The quantitative estimate of drug-likeness (QED) is 0.633. The molecule has 0 aliphatic carbocycles. The molecular formula is C17H18BrClN2O4S. The number of amides is 1. The molecule has 0 bridgehead atoms. The molecule has 26 heavy (non-hydrogen) atoms. The highest BCUT2D eigenvalue weighted by atomic mass is 79.9.